The number of alkyl halides is 1. The van der Waals surface area contributed by atoms with Crippen LogP contribution in [0.3, 0.4) is 0 Å². The molecule has 0 saturated carbocycles. The van der Waals surface area contributed by atoms with Gasteiger partial charge in [-0.05, 0) is 36.3 Å². The zero-order valence-corrected chi connectivity index (χ0v) is 14.1. The van der Waals surface area contributed by atoms with Crippen LogP contribution in [0.1, 0.15) is 17.7 Å². The van der Waals surface area contributed by atoms with Crippen molar-refractivity contribution in [2.75, 3.05) is 18.4 Å². The maximum Gasteiger partial charge on any atom is 0.322 e. The Hall–Kier alpha value is -2.47. The molecule has 2 heterocycles. The molecule has 4 nitrogen and oxygen atoms in total. The monoisotopic (exact) mass is 363 g/mol. The van der Waals surface area contributed by atoms with E-state index in [2.05, 4.69) is 10.3 Å². The third-order valence-electron chi connectivity index (χ3n) is 4.01. The summed E-state index contributed by atoms with van der Waals surface area (Å²) in [5.41, 5.74) is 1.99. The lowest BCUT2D eigenvalue weighted by atomic mass is 10.0. The van der Waals surface area contributed by atoms with E-state index in [9.17, 15) is 13.6 Å². The van der Waals surface area contributed by atoms with Crippen molar-refractivity contribution in [3.8, 4) is 0 Å². The highest BCUT2D eigenvalue weighted by atomic mass is 35.5. The number of aromatic nitrogens is 1. The van der Waals surface area contributed by atoms with Crippen LogP contribution in [0.4, 0.5) is 19.3 Å². The molecule has 0 spiro atoms. The van der Waals surface area contributed by atoms with Gasteiger partial charge in [-0.3, -0.25) is 4.98 Å². The third-order valence-corrected chi connectivity index (χ3v) is 4.31. The van der Waals surface area contributed by atoms with Crippen LogP contribution >= 0.6 is 11.6 Å². The predicted octanol–water partition coefficient (Wildman–Crippen LogP) is 4.66. The quantitative estimate of drug-likeness (QED) is 0.861. The van der Waals surface area contributed by atoms with Gasteiger partial charge in [-0.25, -0.2) is 13.6 Å². The number of halogens is 3. The van der Waals surface area contributed by atoms with Crippen LogP contribution in [0.15, 0.2) is 42.6 Å². The molecular weight excluding hydrogens is 348 g/mol. The molecule has 7 heteroatoms. The number of carbonyl (C=O) groups excluding carboxylic acids is 1. The lowest BCUT2D eigenvalue weighted by molar-refractivity contribution is 0.217. The molecule has 25 heavy (non-hydrogen) atoms. The number of benzene rings is 1. The molecule has 0 aliphatic carbocycles. The second-order valence-corrected chi connectivity index (χ2v) is 6.04. The summed E-state index contributed by atoms with van der Waals surface area (Å²) in [5.74, 6) is -0.675. The molecule has 1 N–H and O–H groups in total. The van der Waals surface area contributed by atoms with Gasteiger partial charge in [-0.1, -0.05) is 23.7 Å². The molecule has 2 amide bonds. The number of anilines is 1. The van der Waals surface area contributed by atoms with E-state index in [1.807, 2.05) is 6.08 Å². The van der Waals surface area contributed by atoms with E-state index in [-0.39, 0.29) is 11.6 Å². The summed E-state index contributed by atoms with van der Waals surface area (Å²) in [5, 5.41) is 3.20. The number of hydrogen-bond acceptors (Lipinski definition) is 2. The topological polar surface area (TPSA) is 45.2 Å². The first kappa shape index (κ1) is 17.4. The number of nitrogens with zero attached hydrogens (tertiary/aromatic N) is 2. The third kappa shape index (κ3) is 3.96. The number of pyridine rings is 1. The highest BCUT2D eigenvalue weighted by Gasteiger charge is 2.20. The molecule has 0 fully saturated rings. The Bertz CT molecular complexity index is 826. The first-order valence-electron chi connectivity index (χ1n) is 7.78. The van der Waals surface area contributed by atoms with Gasteiger partial charge in [-0.2, -0.15) is 0 Å². The summed E-state index contributed by atoms with van der Waals surface area (Å²) in [4.78, 5) is 18.2. The minimum atomic E-state index is -0.879. The molecule has 0 saturated heterocycles. The minimum absolute atomic E-state index is 0.0317. The number of hydrogen-bond donors (Lipinski definition) is 1. The largest absolute Gasteiger partial charge is 0.322 e. The second-order valence-electron chi connectivity index (χ2n) is 5.63. The molecule has 1 aromatic carbocycles. The Balaban J connectivity index is 1.65. The van der Waals surface area contributed by atoms with E-state index in [4.69, 9.17) is 11.6 Å². The Morgan fingerprint density at radius 1 is 1.36 bits per heavy atom. The normalized spacial score (nSPS) is 14.2. The summed E-state index contributed by atoms with van der Waals surface area (Å²) in [6.07, 6.45) is 4.21. The molecule has 1 aromatic heterocycles. The summed E-state index contributed by atoms with van der Waals surface area (Å²) in [7, 11) is 0. The Labute approximate surface area is 149 Å². The standard InChI is InChI=1S/C18H16ClF2N3O/c19-15-2-1-7-22-17(15)12-5-8-24(9-6-12)18(25)23-14-4-3-13(11-20)16(21)10-14/h1-5,7,10H,6,8-9,11H2,(H,23,25). The van der Waals surface area contributed by atoms with Crippen LogP contribution in [0.25, 0.3) is 5.57 Å². The van der Waals surface area contributed by atoms with E-state index < -0.39 is 12.5 Å². The fourth-order valence-corrected chi connectivity index (χ4v) is 2.87. The van der Waals surface area contributed by atoms with Gasteiger partial charge in [0.25, 0.3) is 0 Å². The number of amides is 2. The smallest absolute Gasteiger partial charge is 0.320 e. The maximum absolute atomic E-state index is 13.6. The van der Waals surface area contributed by atoms with E-state index in [1.54, 1.807) is 23.2 Å². The van der Waals surface area contributed by atoms with Gasteiger partial charge in [0.1, 0.15) is 12.5 Å². The van der Waals surface area contributed by atoms with Crippen molar-refractivity contribution >= 4 is 28.9 Å². The van der Waals surface area contributed by atoms with Gasteiger partial charge in [0, 0.05) is 30.5 Å². The van der Waals surface area contributed by atoms with Crippen molar-refractivity contribution in [2.24, 2.45) is 0 Å². The van der Waals surface area contributed by atoms with Crippen LogP contribution in [-0.4, -0.2) is 29.0 Å². The first-order chi connectivity index (χ1) is 12.1. The van der Waals surface area contributed by atoms with E-state index >= 15 is 0 Å². The summed E-state index contributed by atoms with van der Waals surface area (Å²) in [6.45, 7) is 0.0184. The van der Waals surface area contributed by atoms with Crippen LogP contribution in [0.2, 0.25) is 5.02 Å². The van der Waals surface area contributed by atoms with Crippen molar-refractivity contribution < 1.29 is 13.6 Å². The Kier molecular flexibility index (Phi) is 5.28. The average molecular weight is 364 g/mol. The van der Waals surface area contributed by atoms with Crippen molar-refractivity contribution in [3.63, 3.8) is 0 Å². The van der Waals surface area contributed by atoms with Crippen molar-refractivity contribution in [2.45, 2.75) is 13.1 Å². The molecule has 2 aromatic rings. The van der Waals surface area contributed by atoms with Crippen molar-refractivity contribution in [1.82, 2.24) is 9.88 Å². The number of nitrogens with one attached hydrogen (secondary N) is 1. The fraction of sp³-hybridized carbons (Fsp3) is 0.222. The predicted molar refractivity (Wildman–Crippen MR) is 93.6 cm³/mol. The lowest BCUT2D eigenvalue weighted by Crippen LogP contribution is -2.38. The number of urea groups is 1. The number of rotatable bonds is 3. The SMILES string of the molecule is O=C(Nc1ccc(CF)c(F)c1)N1CC=C(c2ncccc2Cl)CC1. The zero-order valence-electron chi connectivity index (χ0n) is 13.3. The summed E-state index contributed by atoms with van der Waals surface area (Å²) >= 11 is 6.14. The molecule has 0 bridgehead atoms. The first-order valence-corrected chi connectivity index (χ1v) is 8.16. The van der Waals surface area contributed by atoms with Crippen molar-refractivity contribution in [1.29, 1.82) is 0 Å². The molecule has 1 aliphatic rings. The minimum Gasteiger partial charge on any atom is -0.320 e. The summed E-state index contributed by atoms with van der Waals surface area (Å²) in [6, 6.07) is 7.12. The molecule has 1 aliphatic heterocycles. The van der Waals surface area contributed by atoms with E-state index in [1.165, 1.54) is 12.1 Å². The zero-order chi connectivity index (χ0) is 17.8. The second kappa shape index (κ2) is 7.61. The van der Waals surface area contributed by atoms with Crippen LogP contribution < -0.4 is 5.32 Å². The van der Waals surface area contributed by atoms with Crippen LogP contribution in [0, 0.1) is 5.82 Å². The highest BCUT2D eigenvalue weighted by molar-refractivity contribution is 6.32. The van der Waals surface area contributed by atoms with Gasteiger partial charge in [0.05, 0.1) is 10.7 Å². The lowest BCUT2D eigenvalue weighted by Gasteiger charge is -2.26. The highest BCUT2D eigenvalue weighted by Crippen LogP contribution is 2.26. The van der Waals surface area contributed by atoms with Gasteiger partial charge in [0.2, 0.25) is 0 Å². The van der Waals surface area contributed by atoms with Crippen LogP contribution in [0.5, 0.6) is 0 Å². The van der Waals surface area contributed by atoms with Crippen molar-refractivity contribution in [3.05, 3.63) is 64.7 Å². The van der Waals surface area contributed by atoms with E-state index in [0.29, 0.717) is 30.2 Å². The average Bonchev–Trinajstić information content (AvgIpc) is 2.62. The van der Waals surface area contributed by atoms with E-state index in [0.717, 1.165) is 17.3 Å². The van der Waals surface area contributed by atoms with Gasteiger partial charge < -0.3 is 10.2 Å². The van der Waals surface area contributed by atoms with Gasteiger partial charge >= 0.3 is 6.03 Å². The Morgan fingerprint density at radius 3 is 2.84 bits per heavy atom. The molecule has 0 atom stereocenters. The fourth-order valence-electron chi connectivity index (χ4n) is 2.63. The molecule has 3 rings (SSSR count). The van der Waals surface area contributed by atoms with Gasteiger partial charge in [0.15, 0.2) is 0 Å². The Morgan fingerprint density at radius 2 is 2.20 bits per heavy atom. The maximum atomic E-state index is 13.6. The molecule has 0 unspecified atom stereocenters. The summed E-state index contributed by atoms with van der Waals surface area (Å²) < 4.78 is 26.1. The molecule has 130 valence electrons. The van der Waals surface area contributed by atoms with Crippen LogP contribution in [-0.2, 0) is 6.67 Å². The number of carbonyl (C=O) groups is 1. The molecular formula is C18H16ClF2N3O. The van der Waals surface area contributed by atoms with Gasteiger partial charge in [-0.15, -0.1) is 0 Å². The molecule has 0 radical (unpaired) electrons.